The summed E-state index contributed by atoms with van der Waals surface area (Å²) in [5, 5.41) is 25.8. The number of nitrogens with one attached hydrogen (secondary N) is 1. The van der Waals surface area contributed by atoms with Crippen molar-refractivity contribution in [1.82, 2.24) is 14.9 Å². The van der Waals surface area contributed by atoms with E-state index in [0.717, 1.165) is 17.8 Å². The topological polar surface area (TPSA) is 253 Å². The lowest BCUT2D eigenvalue weighted by Gasteiger charge is -2.49. The number of carbonyl (C=O) groups is 4. The normalized spacial score (nSPS) is 18.4. The fraction of sp³-hybridized carbons (Fsp3) is 0.407. The third kappa shape index (κ3) is 7.57. The summed E-state index contributed by atoms with van der Waals surface area (Å²) in [5.74, 6) is -4.17. The van der Waals surface area contributed by atoms with Crippen LogP contribution in [0.2, 0.25) is 4.34 Å². The zero-order chi connectivity index (χ0) is 33.8. The number of hydrogen-bond donors (Lipinski definition) is 6. The number of allylic oxidation sites excluding steroid dienone is 2. The average molecular weight is 695 g/mol. The van der Waals surface area contributed by atoms with Gasteiger partial charge in [-0.25, -0.2) is 19.1 Å². The number of aliphatic carboxylic acids is 2. The molecule has 0 aliphatic carbocycles. The summed E-state index contributed by atoms with van der Waals surface area (Å²) in [7, 11) is 0. The highest BCUT2D eigenvalue weighted by Gasteiger charge is 2.54. The number of oxime groups is 1. The predicted molar refractivity (Wildman–Crippen MR) is 172 cm³/mol. The molecule has 2 aliphatic rings. The molecule has 1 saturated heterocycles. The Kier molecular flexibility index (Phi) is 10.9. The van der Waals surface area contributed by atoms with Gasteiger partial charge in [0.15, 0.2) is 16.6 Å². The largest absolute Gasteiger partial charge is 0.478 e. The Bertz CT molecular complexity index is 1640. The maximum atomic E-state index is 13.5. The number of thiazole rings is 1. The Morgan fingerprint density at radius 1 is 1.33 bits per heavy atom. The van der Waals surface area contributed by atoms with Crippen molar-refractivity contribution in [3.63, 3.8) is 0 Å². The first-order valence-corrected chi connectivity index (χ1v) is 16.1. The number of halogens is 1. The summed E-state index contributed by atoms with van der Waals surface area (Å²) >= 11 is 8.40. The Morgan fingerprint density at radius 3 is 2.70 bits per heavy atom. The summed E-state index contributed by atoms with van der Waals surface area (Å²) in [6.07, 6.45) is 7.09. The lowest BCUT2D eigenvalue weighted by atomic mass is 9.89. The van der Waals surface area contributed by atoms with Crippen LogP contribution in [0.1, 0.15) is 32.4 Å². The lowest BCUT2D eigenvalue weighted by Crippen LogP contribution is -2.62. The second kappa shape index (κ2) is 14.4. The van der Waals surface area contributed by atoms with E-state index in [-0.39, 0.29) is 33.0 Å². The molecule has 0 saturated carbocycles. The van der Waals surface area contributed by atoms with Crippen LogP contribution in [0, 0.1) is 5.92 Å². The minimum absolute atomic E-state index is 0.0226. The zero-order valence-electron chi connectivity index (χ0n) is 24.8. The number of carboxylic acid groups (broad SMARTS) is 2. The molecule has 4 heterocycles. The smallest absolute Gasteiger partial charge is 0.352 e. The summed E-state index contributed by atoms with van der Waals surface area (Å²) in [4.78, 5) is 65.1. The number of β-lactam (4-membered cyclic amide) rings is 1. The first-order valence-electron chi connectivity index (χ1n) is 13.9. The van der Waals surface area contributed by atoms with Gasteiger partial charge in [-0.15, -0.1) is 11.8 Å². The highest BCUT2D eigenvalue weighted by Crippen LogP contribution is 2.45. The minimum atomic E-state index is -1.79. The van der Waals surface area contributed by atoms with E-state index in [1.54, 1.807) is 29.2 Å². The van der Waals surface area contributed by atoms with Crippen LogP contribution >= 0.6 is 34.7 Å². The number of nitrogen functional groups attached to an aromatic ring is 2. The van der Waals surface area contributed by atoms with Crippen LogP contribution in [-0.4, -0.2) is 84.2 Å². The van der Waals surface area contributed by atoms with Gasteiger partial charge in [0.2, 0.25) is 11.5 Å². The van der Waals surface area contributed by atoms with Crippen LogP contribution in [0.5, 0.6) is 0 Å². The number of nitrogens with zero attached hydrogens (tertiary/aromatic N) is 5. The van der Waals surface area contributed by atoms with Crippen LogP contribution in [0.25, 0.3) is 0 Å². The summed E-state index contributed by atoms with van der Waals surface area (Å²) < 4.78 is 1.78. The van der Waals surface area contributed by atoms with Gasteiger partial charge >= 0.3 is 11.9 Å². The summed E-state index contributed by atoms with van der Waals surface area (Å²) in [6.45, 7) is 3.98. The maximum Gasteiger partial charge on any atom is 0.352 e. The number of thioether (sulfide) groups is 1. The number of carboxylic acids is 2. The van der Waals surface area contributed by atoms with Gasteiger partial charge in [0.1, 0.15) is 34.2 Å². The number of carbonyl (C=O) groups excluding carboxylic acids is 2. The first kappa shape index (κ1) is 34.6. The molecule has 1 unspecified atom stereocenters. The standard InChI is InChI=1S/C27H32ClN9O7S2/c1-27(2,25(42)43)44-35-17(18-20(28)46-26(31)34-18)16(38)9-14-22(39)37-19(24(40)41)13(11-45-23(14)37)5-3-8-36-10-15(21(30)33-12-36)32-7-4-6-29/h3,5,10,12,14,23,30,32H,4,6-9,11,29H2,1-2H3,(H4,31,34,40,41,42,43)/p+1/b5-3+,35-17+/t14-,23?/m1/s1. The molecule has 0 radical (unpaired) electrons. The monoisotopic (exact) mass is 694 g/mol. The molecule has 2 atom stereocenters. The van der Waals surface area contributed by atoms with Crippen LogP contribution in [0.3, 0.4) is 0 Å². The van der Waals surface area contributed by atoms with Crippen LogP contribution < -0.4 is 27.1 Å². The van der Waals surface area contributed by atoms with Gasteiger partial charge in [-0.1, -0.05) is 34.2 Å². The number of amides is 1. The minimum Gasteiger partial charge on any atom is -0.478 e. The summed E-state index contributed by atoms with van der Waals surface area (Å²) in [5.41, 5.74) is 15.8. The molecule has 19 heteroatoms. The van der Waals surface area contributed by atoms with E-state index >= 15 is 0 Å². The molecule has 4 rings (SSSR count). The van der Waals surface area contributed by atoms with E-state index in [4.69, 9.17) is 33.6 Å². The number of fused-ring (bicyclic) bond motifs is 1. The molecule has 2 aromatic heterocycles. The zero-order valence-corrected chi connectivity index (χ0v) is 27.2. The van der Waals surface area contributed by atoms with E-state index in [2.05, 4.69) is 20.4 Å². The molecule has 0 aromatic carbocycles. The van der Waals surface area contributed by atoms with Gasteiger partial charge in [0.05, 0.1) is 11.3 Å². The number of rotatable bonds is 15. The number of ketones is 1. The molecular formula is C27H33ClN9O7S2+. The van der Waals surface area contributed by atoms with Gasteiger partial charge < -0.3 is 37.6 Å². The van der Waals surface area contributed by atoms with Crippen molar-refractivity contribution in [2.45, 2.75) is 44.2 Å². The third-order valence-corrected chi connectivity index (χ3v) is 9.38. The second-order valence-electron chi connectivity index (χ2n) is 10.7. The van der Waals surface area contributed by atoms with Gasteiger partial charge in [0, 0.05) is 18.7 Å². The molecule has 0 bridgehead atoms. The van der Waals surface area contributed by atoms with Gasteiger partial charge in [-0.3, -0.25) is 14.5 Å². The van der Waals surface area contributed by atoms with Crippen molar-refractivity contribution in [2.75, 3.05) is 35.6 Å². The summed E-state index contributed by atoms with van der Waals surface area (Å²) in [6, 6.07) is 0. The molecule has 0 spiro atoms. The van der Waals surface area contributed by atoms with Crippen molar-refractivity contribution in [3.05, 3.63) is 46.0 Å². The van der Waals surface area contributed by atoms with Crippen molar-refractivity contribution in [1.29, 1.82) is 0 Å². The first-order chi connectivity index (χ1) is 21.7. The fourth-order valence-corrected chi connectivity index (χ4v) is 6.75. The molecule has 9 N–H and O–H groups in total. The number of anilines is 3. The molecule has 1 amide bonds. The van der Waals surface area contributed by atoms with E-state index in [1.807, 2.05) is 0 Å². The van der Waals surface area contributed by atoms with Gasteiger partial charge in [-0.2, -0.15) is 0 Å². The number of hydrogen-bond acceptors (Lipinski definition) is 14. The molecule has 2 aromatic rings. The quantitative estimate of drug-likeness (QED) is 0.0502. The average Bonchev–Trinajstić information content (AvgIpc) is 3.33. The predicted octanol–water partition coefficient (Wildman–Crippen LogP) is 1.07. The van der Waals surface area contributed by atoms with E-state index in [1.165, 1.54) is 30.5 Å². The van der Waals surface area contributed by atoms with Crippen molar-refractivity contribution < 1.29 is 38.8 Å². The van der Waals surface area contributed by atoms with Crippen LogP contribution in [0.4, 0.5) is 16.6 Å². The molecular weight excluding hydrogens is 662 g/mol. The van der Waals surface area contributed by atoms with Crippen molar-refractivity contribution in [2.24, 2.45) is 16.8 Å². The van der Waals surface area contributed by atoms with Crippen LogP contribution in [-0.2, 0) is 30.6 Å². The molecule has 2 aliphatic heterocycles. The van der Waals surface area contributed by atoms with Gasteiger partial charge in [0.25, 0.3) is 12.1 Å². The number of aromatic nitrogens is 3. The second-order valence-corrected chi connectivity index (χ2v) is 13.4. The Balaban J connectivity index is 1.50. The Hall–Kier alpha value is -4.26. The number of nitrogens with two attached hydrogens (primary N) is 3. The van der Waals surface area contributed by atoms with Crippen molar-refractivity contribution in [3.8, 4) is 0 Å². The van der Waals surface area contributed by atoms with E-state index in [0.29, 0.717) is 36.7 Å². The molecule has 1 fully saturated rings. The van der Waals surface area contributed by atoms with Gasteiger partial charge in [-0.05, 0) is 43.4 Å². The van der Waals surface area contributed by atoms with E-state index < -0.39 is 46.2 Å². The molecule has 246 valence electrons. The van der Waals surface area contributed by atoms with Crippen LogP contribution in [0.15, 0.2) is 41.1 Å². The maximum absolute atomic E-state index is 13.5. The third-order valence-electron chi connectivity index (χ3n) is 6.93. The van der Waals surface area contributed by atoms with E-state index in [9.17, 15) is 29.4 Å². The fourth-order valence-electron chi connectivity index (χ4n) is 4.44. The number of Topliss-reactive ketones (excluding diaryl/α,β-unsaturated/α-hetero) is 1. The SMILES string of the molecule is CC(C)(O/N=C(\C(=O)C[C@@H]1C(=O)N2C(C(=O)O)=C(/C=C/C[n+]3cnc(N)c(NCCCN)c3)CSC12)c1nc(N)sc1Cl)C(=O)O. The molecule has 16 nitrogen and oxygen atoms in total. The Labute approximate surface area is 276 Å². The lowest BCUT2D eigenvalue weighted by molar-refractivity contribution is -0.689. The highest BCUT2D eigenvalue weighted by molar-refractivity contribution is 8.00. The Morgan fingerprint density at radius 2 is 2.07 bits per heavy atom. The van der Waals surface area contributed by atoms with Crippen molar-refractivity contribution >= 4 is 80.7 Å². The highest BCUT2D eigenvalue weighted by atomic mass is 35.5. The molecule has 46 heavy (non-hydrogen) atoms.